The van der Waals surface area contributed by atoms with Gasteiger partial charge in [-0.05, 0) is 38.3 Å². The molecule has 1 aromatic rings. The molecule has 0 amide bonds. The van der Waals surface area contributed by atoms with Crippen LogP contribution < -0.4 is 10.1 Å². The second-order valence-corrected chi connectivity index (χ2v) is 5.28. The molecule has 2 rings (SSSR count). The van der Waals surface area contributed by atoms with Crippen LogP contribution in [0.4, 0.5) is 0 Å². The zero-order chi connectivity index (χ0) is 13.0. The highest BCUT2D eigenvalue weighted by atomic mass is 16.5. The van der Waals surface area contributed by atoms with Crippen LogP contribution in [-0.2, 0) is 6.54 Å². The molecule has 0 bridgehead atoms. The van der Waals surface area contributed by atoms with E-state index in [4.69, 9.17) is 4.74 Å². The fourth-order valence-corrected chi connectivity index (χ4v) is 1.48. The molecule has 1 aliphatic carbocycles. The first-order valence-electron chi connectivity index (χ1n) is 6.62. The van der Waals surface area contributed by atoms with Crippen molar-refractivity contribution < 1.29 is 9.84 Å². The fraction of sp³-hybridized carbons (Fsp3) is 0.643. The Morgan fingerprint density at radius 3 is 2.83 bits per heavy atom. The molecule has 18 heavy (non-hydrogen) atoms. The summed E-state index contributed by atoms with van der Waals surface area (Å²) in [7, 11) is 0. The van der Waals surface area contributed by atoms with Crippen molar-refractivity contribution >= 4 is 0 Å². The molecule has 1 heterocycles. The van der Waals surface area contributed by atoms with E-state index in [-0.39, 0.29) is 0 Å². The predicted octanol–water partition coefficient (Wildman–Crippen LogP) is 1.87. The molecule has 1 aromatic heterocycles. The Balaban J connectivity index is 1.79. The Morgan fingerprint density at radius 1 is 1.50 bits per heavy atom. The molecule has 0 saturated heterocycles. The van der Waals surface area contributed by atoms with Crippen LogP contribution in [0.1, 0.15) is 38.8 Å². The second kappa shape index (κ2) is 5.67. The van der Waals surface area contributed by atoms with Gasteiger partial charge in [-0.25, -0.2) is 0 Å². The number of nitrogens with zero attached hydrogens (tertiary/aromatic N) is 1. The Bertz CT molecular complexity index is 372. The maximum atomic E-state index is 9.84. The van der Waals surface area contributed by atoms with Crippen LogP contribution in [0.5, 0.6) is 5.75 Å². The van der Waals surface area contributed by atoms with E-state index in [1.807, 2.05) is 19.1 Å². The second-order valence-electron chi connectivity index (χ2n) is 5.28. The lowest BCUT2D eigenvalue weighted by molar-refractivity contribution is 0.00835. The van der Waals surface area contributed by atoms with Gasteiger partial charge in [-0.2, -0.15) is 0 Å². The van der Waals surface area contributed by atoms with E-state index in [1.54, 1.807) is 13.1 Å². The molecule has 0 aromatic carbocycles. The van der Waals surface area contributed by atoms with E-state index in [0.717, 1.165) is 12.2 Å². The fourth-order valence-electron chi connectivity index (χ4n) is 1.48. The number of aliphatic hydroxyl groups is 1. The molecule has 0 spiro atoms. The van der Waals surface area contributed by atoms with E-state index in [2.05, 4.69) is 10.3 Å². The molecule has 1 atom stereocenters. The van der Waals surface area contributed by atoms with Gasteiger partial charge >= 0.3 is 0 Å². The van der Waals surface area contributed by atoms with Crippen molar-refractivity contribution in [3.8, 4) is 5.75 Å². The Hall–Kier alpha value is -1.13. The summed E-state index contributed by atoms with van der Waals surface area (Å²) in [5.74, 6) is 0.707. The Kier molecular flexibility index (Phi) is 4.19. The molecular weight excluding hydrogens is 228 g/mol. The molecule has 1 fully saturated rings. The molecule has 0 radical (unpaired) electrons. The maximum absolute atomic E-state index is 9.84. The van der Waals surface area contributed by atoms with Gasteiger partial charge in [-0.15, -0.1) is 0 Å². The van der Waals surface area contributed by atoms with Gasteiger partial charge < -0.3 is 15.2 Å². The van der Waals surface area contributed by atoms with Gasteiger partial charge in [-0.3, -0.25) is 4.98 Å². The van der Waals surface area contributed by atoms with Crippen molar-refractivity contribution in [1.29, 1.82) is 0 Å². The first-order chi connectivity index (χ1) is 8.59. The van der Waals surface area contributed by atoms with E-state index >= 15 is 0 Å². The molecule has 4 heteroatoms. The van der Waals surface area contributed by atoms with Gasteiger partial charge in [0.05, 0.1) is 17.5 Å². The first-order valence-corrected chi connectivity index (χ1v) is 6.62. The number of nitrogens with one attached hydrogen (secondary N) is 1. The summed E-state index contributed by atoms with van der Waals surface area (Å²) in [6.07, 6.45) is 4.96. The van der Waals surface area contributed by atoms with Crippen LogP contribution in [0.15, 0.2) is 18.3 Å². The molecule has 1 saturated carbocycles. The molecule has 1 aliphatic rings. The van der Waals surface area contributed by atoms with E-state index in [1.165, 1.54) is 12.8 Å². The third kappa shape index (κ3) is 4.27. The minimum Gasteiger partial charge on any atom is -0.489 e. The molecule has 100 valence electrons. The molecular formula is C14H22N2O2. The van der Waals surface area contributed by atoms with Crippen molar-refractivity contribution in [2.24, 2.45) is 0 Å². The van der Waals surface area contributed by atoms with E-state index < -0.39 is 5.60 Å². The highest BCUT2D eigenvalue weighted by Crippen LogP contribution is 2.19. The van der Waals surface area contributed by atoms with Gasteiger partial charge in [0.2, 0.25) is 0 Å². The third-order valence-corrected chi connectivity index (χ3v) is 3.26. The lowest BCUT2D eigenvalue weighted by Crippen LogP contribution is -2.31. The Labute approximate surface area is 108 Å². The standard InChI is InChI=1S/C14H22N2O2/c1-3-14(2,17)10-18-13-7-6-12(16-9-13)8-15-11-4-5-11/h6-7,9,11,15,17H,3-5,8,10H2,1-2H3. The van der Waals surface area contributed by atoms with E-state index in [0.29, 0.717) is 24.8 Å². The minimum absolute atomic E-state index is 0.296. The van der Waals surface area contributed by atoms with E-state index in [9.17, 15) is 5.11 Å². The van der Waals surface area contributed by atoms with Crippen molar-refractivity contribution in [1.82, 2.24) is 10.3 Å². The molecule has 4 nitrogen and oxygen atoms in total. The van der Waals surface area contributed by atoms with Crippen molar-refractivity contribution in [3.63, 3.8) is 0 Å². The SMILES string of the molecule is CCC(C)(O)COc1ccc(CNC2CC2)nc1. The predicted molar refractivity (Wildman–Crippen MR) is 70.5 cm³/mol. The van der Waals surface area contributed by atoms with Gasteiger partial charge in [0, 0.05) is 12.6 Å². The van der Waals surface area contributed by atoms with Gasteiger partial charge in [-0.1, -0.05) is 6.92 Å². The summed E-state index contributed by atoms with van der Waals surface area (Å²) in [4.78, 5) is 4.34. The first kappa shape index (κ1) is 13.3. The van der Waals surface area contributed by atoms with Crippen LogP contribution in [0.25, 0.3) is 0 Å². The maximum Gasteiger partial charge on any atom is 0.137 e. The lowest BCUT2D eigenvalue weighted by Gasteiger charge is -2.21. The topological polar surface area (TPSA) is 54.4 Å². The zero-order valence-corrected chi connectivity index (χ0v) is 11.1. The number of hydrogen-bond acceptors (Lipinski definition) is 4. The smallest absolute Gasteiger partial charge is 0.137 e. The Morgan fingerprint density at radius 2 is 2.28 bits per heavy atom. The van der Waals surface area contributed by atoms with Crippen molar-refractivity contribution in [3.05, 3.63) is 24.0 Å². The number of aromatic nitrogens is 1. The van der Waals surface area contributed by atoms with Gasteiger partial charge in [0.15, 0.2) is 0 Å². The summed E-state index contributed by atoms with van der Waals surface area (Å²) < 4.78 is 5.52. The lowest BCUT2D eigenvalue weighted by atomic mass is 10.1. The highest BCUT2D eigenvalue weighted by Gasteiger charge is 2.20. The quantitative estimate of drug-likeness (QED) is 0.775. The number of rotatable bonds is 7. The molecule has 0 aliphatic heterocycles. The van der Waals surface area contributed by atoms with Crippen LogP contribution in [0.2, 0.25) is 0 Å². The number of ether oxygens (including phenoxy) is 1. The monoisotopic (exact) mass is 250 g/mol. The average molecular weight is 250 g/mol. The summed E-state index contributed by atoms with van der Waals surface area (Å²) in [6.45, 7) is 4.82. The summed E-state index contributed by atoms with van der Waals surface area (Å²) in [6, 6.07) is 4.57. The van der Waals surface area contributed by atoms with Gasteiger partial charge in [0.25, 0.3) is 0 Å². The van der Waals surface area contributed by atoms with Crippen LogP contribution in [0, 0.1) is 0 Å². The molecule has 1 unspecified atom stereocenters. The largest absolute Gasteiger partial charge is 0.489 e. The number of hydrogen-bond donors (Lipinski definition) is 2. The van der Waals surface area contributed by atoms with Crippen molar-refractivity contribution in [2.75, 3.05) is 6.61 Å². The van der Waals surface area contributed by atoms with Crippen molar-refractivity contribution in [2.45, 2.75) is 51.3 Å². The number of pyridine rings is 1. The molecule has 2 N–H and O–H groups in total. The summed E-state index contributed by atoms with van der Waals surface area (Å²) >= 11 is 0. The van der Waals surface area contributed by atoms with Gasteiger partial charge in [0.1, 0.15) is 12.4 Å². The summed E-state index contributed by atoms with van der Waals surface area (Å²) in [5.41, 5.74) is 0.253. The minimum atomic E-state index is -0.772. The van der Waals surface area contributed by atoms with Crippen LogP contribution in [-0.4, -0.2) is 28.3 Å². The van der Waals surface area contributed by atoms with Crippen LogP contribution in [0.3, 0.4) is 0 Å². The third-order valence-electron chi connectivity index (χ3n) is 3.26. The normalized spacial score (nSPS) is 18.4. The zero-order valence-electron chi connectivity index (χ0n) is 11.1. The average Bonchev–Trinajstić information content (AvgIpc) is 3.19. The van der Waals surface area contributed by atoms with Crippen LogP contribution >= 0.6 is 0 Å². The highest BCUT2D eigenvalue weighted by molar-refractivity contribution is 5.20. The summed E-state index contributed by atoms with van der Waals surface area (Å²) in [5, 5.41) is 13.3.